The molecule has 4 heteroatoms. The first-order chi connectivity index (χ1) is 9.66. The fourth-order valence-corrected chi connectivity index (χ4v) is 2.94. The van der Waals surface area contributed by atoms with Crippen molar-refractivity contribution in [3.8, 4) is 0 Å². The Kier molecular flexibility index (Phi) is 3.49. The van der Waals surface area contributed by atoms with Crippen molar-refractivity contribution in [2.75, 3.05) is 36.8 Å². The number of piperazine rings is 1. The smallest absolute Gasteiger partial charge is 0.0951 e. The van der Waals surface area contributed by atoms with Crippen LogP contribution in [0, 0.1) is 0 Å². The van der Waals surface area contributed by atoms with E-state index in [1.54, 1.807) is 0 Å². The van der Waals surface area contributed by atoms with Gasteiger partial charge in [0.15, 0.2) is 0 Å². The average molecular weight is 270 g/mol. The summed E-state index contributed by atoms with van der Waals surface area (Å²) in [6.45, 7) is 8.88. The third-order valence-electron chi connectivity index (χ3n) is 4.16. The molecule has 2 aromatic rings. The Hall–Kier alpha value is -1.81. The number of nitrogens with zero attached hydrogens (tertiary/aromatic N) is 3. The largest absolute Gasteiger partial charge is 0.397 e. The molecule has 3 rings (SSSR count). The van der Waals surface area contributed by atoms with Crippen LogP contribution in [0.4, 0.5) is 11.4 Å². The highest BCUT2D eigenvalue weighted by Gasteiger charge is 2.20. The molecule has 0 atom stereocenters. The molecule has 0 unspecified atom stereocenters. The topological polar surface area (TPSA) is 45.4 Å². The lowest BCUT2D eigenvalue weighted by Gasteiger charge is -2.38. The summed E-state index contributed by atoms with van der Waals surface area (Å²) in [6.07, 6.45) is 1.86. The lowest BCUT2D eigenvalue weighted by atomic mass is 10.1. The first-order valence-electron chi connectivity index (χ1n) is 7.29. The number of anilines is 2. The van der Waals surface area contributed by atoms with Crippen LogP contribution >= 0.6 is 0 Å². The van der Waals surface area contributed by atoms with E-state index >= 15 is 0 Å². The molecular weight excluding hydrogens is 248 g/mol. The van der Waals surface area contributed by atoms with Gasteiger partial charge in [0.25, 0.3) is 0 Å². The minimum atomic E-state index is 0.627. The van der Waals surface area contributed by atoms with Crippen LogP contribution < -0.4 is 10.6 Å². The third-order valence-corrected chi connectivity index (χ3v) is 4.16. The molecule has 106 valence electrons. The number of para-hydroxylation sites is 1. The molecule has 2 heterocycles. The van der Waals surface area contributed by atoms with E-state index in [1.165, 1.54) is 5.69 Å². The molecule has 2 N–H and O–H groups in total. The number of aromatic nitrogens is 1. The van der Waals surface area contributed by atoms with Gasteiger partial charge in [0.2, 0.25) is 0 Å². The van der Waals surface area contributed by atoms with Gasteiger partial charge in [-0.1, -0.05) is 12.1 Å². The summed E-state index contributed by atoms with van der Waals surface area (Å²) in [7, 11) is 0. The Labute approximate surface area is 120 Å². The van der Waals surface area contributed by atoms with E-state index in [0.717, 1.165) is 42.8 Å². The van der Waals surface area contributed by atoms with E-state index in [-0.39, 0.29) is 0 Å². The summed E-state index contributed by atoms with van der Waals surface area (Å²) in [5.41, 5.74) is 8.95. The van der Waals surface area contributed by atoms with Crippen molar-refractivity contribution in [2.45, 2.75) is 19.9 Å². The second kappa shape index (κ2) is 5.29. The van der Waals surface area contributed by atoms with Crippen molar-refractivity contribution in [3.63, 3.8) is 0 Å². The van der Waals surface area contributed by atoms with Gasteiger partial charge in [0, 0.05) is 49.5 Å². The number of benzene rings is 1. The van der Waals surface area contributed by atoms with Crippen molar-refractivity contribution >= 4 is 22.3 Å². The SMILES string of the molecule is CC(C)N1CCN(c2ccnc3c(N)cccc23)CC1. The van der Waals surface area contributed by atoms with Crippen molar-refractivity contribution in [2.24, 2.45) is 0 Å². The Balaban J connectivity index is 1.90. The van der Waals surface area contributed by atoms with Gasteiger partial charge in [0.05, 0.1) is 11.2 Å². The lowest BCUT2D eigenvalue weighted by molar-refractivity contribution is 0.209. The second-order valence-electron chi connectivity index (χ2n) is 5.69. The second-order valence-corrected chi connectivity index (χ2v) is 5.69. The van der Waals surface area contributed by atoms with Gasteiger partial charge in [-0.3, -0.25) is 9.88 Å². The van der Waals surface area contributed by atoms with Crippen LogP contribution in [-0.2, 0) is 0 Å². The minimum absolute atomic E-state index is 0.627. The zero-order valence-corrected chi connectivity index (χ0v) is 12.2. The van der Waals surface area contributed by atoms with E-state index in [2.05, 4.69) is 40.8 Å². The van der Waals surface area contributed by atoms with Crippen molar-refractivity contribution in [1.29, 1.82) is 0 Å². The number of hydrogen-bond donors (Lipinski definition) is 1. The lowest BCUT2D eigenvalue weighted by Crippen LogP contribution is -2.48. The first-order valence-corrected chi connectivity index (χ1v) is 7.29. The van der Waals surface area contributed by atoms with Crippen LogP contribution in [-0.4, -0.2) is 42.1 Å². The summed E-state index contributed by atoms with van der Waals surface area (Å²) < 4.78 is 0. The maximum Gasteiger partial charge on any atom is 0.0951 e. The maximum atomic E-state index is 6.03. The van der Waals surface area contributed by atoms with Crippen LogP contribution in [0.5, 0.6) is 0 Å². The van der Waals surface area contributed by atoms with Crippen LogP contribution in [0.2, 0.25) is 0 Å². The molecule has 4 nitrogen and oxygen atoms in total. The molecule has 1 aromatic carbocycles. The molecule has 0 saturated carbocycles. The maximum absolute atomic E-state index is 6.03. The zero-order valence-electron chi connectivity index (χ0n) is 12.2. The monoisotopic (exact) mass is 270 g/mol. The van der Waals surface area contributed by atoms with Crippen LogP contribution in [0.1, 0.15) is 13.8 Å². The number of pyridine rings is 1. The summed E-state index contributed by atoms with van der Waals surface area (Å²) in [4.78, 5) is 9.39. The molecule has 0 spiro atoms. The van der Waals surface area contributed by atoms with Crippen LogP contribution in [0.25, 0.3) is 10.9 Å². The fraction of sp³-hybridized carbons (Fsp3) is 0.438. The molecule has 1 saturated heterocycles. The molecule has 0 aliphatic carbocycles. The highest BCUT2D eigenvalue weighted by molar-refractivity contribution is 5.98. The molecule has 1 fully saturated rings. The summed E-state index contributed by atoms with van der Waals surface area (Å²) in [5, 5.41) is 1.16. The Morgan fingerprint density at radius 3 is 2.55 bits per heavy atom. The van der Waals surface area contributed by atoms with E-state index in [4.69, 9.17) is 5.73 Å². The van der Waals surface area contributed by atoms with Crippen LogP contribution in [0.3, 0.4) is 0 Å². The number of fused-ring (bicyclic) bond motifs is 1. The van der Waals surface area contributed by atoms with Gasteiger partial charge >= 0.3 is 0 Å². The fourth-order valence-electron chi connectivity index (χ4n) is 2.94. The molecule has 1 aromatic heterocycles. The van der Waals surface area contributed by atoms with Gasteiger partial charge in [0.1, 0.15) is 0 Å². The van der Waals surface area contributed by atoms with Gasteiger partial charge in [-0.2, -0.15) is 0 Å². The quantitative estimate of drug-likeness (QED) is 0.851. The minimum Gasteiger partial charge on any atom is -0.397 e. The molecule has 0 amide bonds. The molecule has 20 heavy (non-hydrogen) atoms. The predicted molar refractivity (Wildman–Crippen MR) is 85.1 cm³/mol. The summed E-state index contributed by atoms with van der Waals surface area (Å²) >= 11 is 0. The number of nitrogens with two attached hydrogens (primary N) is 1. The number of rotatable bonds is 2. The highest BCUT2D eigenvalue weighted by atomic mass is 15.3. The van der Waals surface area contributed by atoms with E-state index < -0.39 is 0 Å². The number of nitrogen functional groups attached to an aromatic ring is 1. The van der Waals surface area contributed by atoms with Gasteiger partial charge in [-0.05, 0) is 26.0 Å². The van der Waals surface area contributed by atoms with Crippen molar-refractivity contribution in [3.05, 3.63) is 30.5 Å². The Morgan fingerprint density at radius 1 is 1.10 bits per heavy atom. The zero-order chi connectivity index (χ0) is 14.1. The van der Waals surface area contributed by atoms with E-state index in [0.29, 0.717) is 6.04 Å². The Bertz CT molecular complexity index is 600. The molecule has 0 bridgehead atoms. The van der Waals surface area contributed by atoms with Gasteiger partial charge in [-0.15, -0.1) is 0 Å². The van der Waals surface area contributed by atoms with E-state index in [9.17, 15) is 0 Å². The summed E-state index contributed by atoms with van der Waals surface area (Å²) in [6, 6.07) is 8.76. The van der Waals surface area contributed by atoms with Gasteiger partial charge < -0.3 is 10.6 Å². The van der Waals surface area contributed by atoms with Crippen molar-refractivity contribution in [1.82, 2.24) is 9.88 Å². The van der Waals surface area contributed by atoms with Gasteiger partial charge in [-0.25, -0.2) is 0 Å². The molecule has 1 aliphatic rings. The van der Waals surface area contributed by atoms with Crippen molar-refractivity contribution < 1.29 is 0 Å². The molecular formula is C16H22N4. The average Bonchev–Trinajstić information content (AvgIpc) is 2.47. The standard InChI is InChI=1S/C16H22N4/c1-12(2)19-8-10-20(11-9-19)15-6-7-18-16-13(15)4-3-5-14(16)17/h3-7,12H,8-11,17H2,1-2H3. The highest BCUT2D eigenvalue weighted by Crippen LogP contribution is 2.29. The first kappa shape index (κ1) is 13.2. The third kappa shape index (κ3) is 2.31. The molecule has 1 aliphatic heterocycles. The van der Waals surface area contributed by atoms with E-state index in [1.807, 2.05) is 18.3 Å². The Morgan fingerprint density at radius 2 is 1.85 bits per heavy atom. The molecule has 0 radical (unpaired) electrons. The van der Waals surface area contributed by atoms with Crippen LogP contribution in [0.15, 0.2) is 30.5 Å². The summed E-state index contributed by atoms with van der Waals surface area (Å²) in [5.74, 6) is 0. The number of hydrogen-bond acceptors (Lipinski definition) is 4. The normalized spacial score (nSPS) is 17.1. The predicted octanol–water partition coefficient (Wildman–Crippen LogP) is 2.35.